The van der Waals surface area contributed by atoms with Crippen LogP contribution in [0.1, 0.15) is 29.9 Å². The number of nitrogens with zero attached hydrogens (tertiary/aromatic N) is 3. The van der Waals surface area contributed by atoms with Crippen LogP contribution in [0.15, 0.2) is 46.9 Å². The van der Waals surface area contributed by atoms with E-state index in [1.807, 2.05) is 31.2 Å². The van der Waals surface area contributed by atoms with Crippen LogP contribution in [0.3, 0.4) is 0 Å². The van der Waals surface area contributed by atoms with E-state index in [4.69, 9.17) is 16.0 Å². The highest BCUT2D eigenvalue weighted by atomic mass is 35.5. The SMILES string of the molecule is Cc1cccc(-c2nnc(CN(Cc3c(F)cccc3Cl)C3CC3)o2)c1. The molecule has 0 aliphatic heterocycles. The van der Waals surface area contributed by atoms with Gasteiger partial charge in [-0.1, -0.05) is 35.4 Å². The van der Waals surface area contributed by atoms with E-state index in [0.29, 0.717) is 41.5 Å². The molecule has 0 amide bonds. The summed E-state index contributed by atoms with van der Waals surface area (Å²) in [4.78, 5) is 2.15. The molecule has 1 aliphatic carbocycles. The molecule has 0 spiro atoms. The summed E-state index contributed by atoms with van der Waals surface area (Å²) in [6.07, 6.45) is 2.18. The summed E-state index contributed by atoms with van der Waals surface area (Å²) >= 11 is 6.18. The molecule has 4 nitrogen and oxygen atoms in total. The van der Waals surface area contributed by atoms with Crippen molar-refractivity contribution in [2.45, 2.75) is 38.9 Å². The molecule has 1 heterocycles. The van der Waals surface area contributed by atoms with E-state index in [1.165, 1.54) is 6.07 Å². The number of hydrogen-bond acceptors (Lipinski definition) is 4. The van der Waals surface area contributed by atoms with Crippen LogP contribution >= 0.6 is 11.6 Å². The Hall–Kier alpha value is -2.24. The van der Waals surface area contributed by atoms with Gasteiger partial charge >= 0.3 is 0 Å². The van der Waals surface area contributed by atoms with Gasteiger partial charge in [0.15, 0.2) is 0 Å². The molecule has 0 bridgehead atoms. The Morgan fingerprint density at radius 1 is 1.15 bits per heavy atom. The van der Waals surface area contributed by atoms with Gasteiger partial charge in [0.1, 0.15) is 5.82 Å². The topological polar surface area (TPSA) is 42.2 Å². The van der Waals surface area contributed by atoms with Gasteiger partial charge in [-0.15, -0.1) is 10.2 Å². The van der Waals surface area contributed by atoms with E-state index in [9.17, 15) is 4.39 Å². The number of rotatable bonds is 6. The van der Waals surface area contributed by atoms with E-state index < -0.39 is 0 Å². The van der Waals surface area contributed by atoms with Gasteiger partial charge in [0, 0.05) is 28.7 Å². The van der Waals surface area contributed by atoms with Crippen LogP contribution in [0.5, 0.6) is 0 Å². The minimum atomic E-state index is -0.283. The second-order valence-corrected chi connectivity index (χ2v) is 7.11. The van der Waals surface area contributed by atoms with Crippen LogP contribution in [0.25, 0.3) is 11.5 Å². The molecule has 4 rings (SSSR count). The van der Waals surface area contributed by atoms with Gasteiger partial charge in [-0.3, -0.25) is 4.90 Å². The Kier molecular flexibility index (Phi) is 4.74. The molecule has 0 N–H and O–H groups in total. The third-order valence-electron chi connectivity index (χ3n) is 4.56. The van der Waals surface area contributed by atoms with Crippen LogP contribution < -0.4 is 0 Å². The summed E-state index contributed by atoms with van der Waals surface area (Å²) in [5, 5.41) is 8.78. The Morgan fingerprint density at radius 2 is 1.96 bits per heavy atom. The highest BCUT2D eigenvalue weighted by Gasteiger charge is 2.31. The van der Waals surface area contributed by atoms with Crippen molar-refractivity contribution in [3.63, 3.8) is 0 Å². The van der Waals surface area contributed by atoms with Crippen molar-refractivity contribution in [2.75, 3.05) is 0 Å². The molecular formula is C20H19ClFN3O. The second-order valence-electron chi connectivity index (χ2n) is 6.71. The molecule has 134 valence electrons. The maximum Gasteiger partial charge on any atom is 0.247 e. The Bertz CT molecular complexity index is 903. The zero-order valence-corrected chi connectivity index (χ0v) is 15.2. The van der Waals surface area contributed by atoms with Crippen LogP contribution in [-0.2, 0) is 13.1 Å². The molecule has 6 heteroatoms. The largest absolute Gasteiger partial charge is 0.419 e. The lowest BCUT2D eigenvalue weighted by atomic mass is 10.1. The molecule has 1 aromatic heterocycles. The predicted octanol–water partition coefficient (Wildman–Crippen LogP) is 5.00. The normalized spacial score (nSPS) is 14.2. The van der Waals surface area contributed by atoms with Crippen LogP contribution in [0.4, 0.5) is 4.39 Å². The predicted molar refractivity (Wildman–Crippen MR) is 98.2 cm³/mol. The fraction of sp³-hybridized carbons (Fsp3) is 0.300. The summed E-state index contributed by atoms with van der Waals surface area (Å²) < 4.78 is 20.0. The number of aromatic nitrogens is 2. The van der Waals surface area contributed by atoms with Crippen molar-refractivity contribution in [1.82, 2.24) is 15.1 Å². The van der Waals surface area contributed by atoms with Gasteiger partial charge in [0.25, 0.3) is 0 Å². The third-order valence-corrected chi connectivity index (χ3v) is 4.91. The highest BCUT2D eigenvalue weighted by molar-refractivity contribution is 6.31. The standard InChI is InChI=1S/C20H19ClFN3O/c1-13-4-2-5-14(10-13)20-24-23-19(26-20)12-25(15-8-9-15)11-16-17(21)6-3-7-18(16)22/h2-7,10,15H,8-9,11-12H2,1H3. The Balaban J connectivity index is 1.53. The van der Waals surface area contributed by atoms with Gasteiger partial charge in [0.2, 0.25) is 11.8 Å². The number of benzene rings is 2. The molecule has 0 radical (unpaired) electrons. The first-order chi connectivity index (χ1) is 12.6. The van der Waals surface area contributed by atoms with Crippen LogP contribution in [0.2, 0.25) is 5.02 Å². The summed E-state index contributed by atoms with van der Waals surface area (Å²) in [5.41, 5.74) is 2.55. The molecule has 0 unspecified atom stereocenters. The molecule has 0 saturated heterocycles. The van der Waals surface area contributed by atoms with Gasteiger partial charge in [0.05, 0.1) is 6.54 Å². The van der Waals surface area contributed by atoms with Crippen molar-refractivity contribution in [2.24, 2.45) is 0 Å². The number of hydrogen-bond donors (Lipinski definition) is 0. The van der Waals surface area contributed by atoms with Crippen molar-refractivity contribution in [3.05, 3.63) is 70.3 Å². The van der Waals surface area contributed by atoms with Crippen molar-refractivity contribution in [1.29, 1.82) is 0 Å². The first-order valence-electron chi connectivity index (χ1n) is 8.66. The summed E-state index contributed by atoms with van der Waals surface area (Å²) in [6.45, 7) is 2.93. The average Bonchev–Trinajstić information content (AvgIpc) is 3.36. The smallest absolute Gasteiger partial charge is 0.247 e. The first kappa shape index (κ1) is 17.2. The zero-order valence-electron chi connectivity index (χ0n) is 14.5. The number of aryl methyl sites for hydroxylation is 1. The van der Waals surface area contributed by atoms with E-state index in [-0.39, 0.29) is 5.82 Å². The second kappa shape index (κ2) is 7.17. The van der Waals surface area contributed by atoms with Crippen molar-refractivity contribution >= 4 is 11.6 Å². The van der Waals surface area contributed by atoms with Crippen LogP contribution in [0, 0.1) is 12.7 Å². The van der Waals surface area contributed by atoms with Gasteiger partial charge in [-0.05, 0) is 44.0 Å². The lowest BCUT2D eigenvalue weighted by Crippen LogP contribution is -2.26. The fourth-order valence-electron chi connectivity index (χ4n) is 3.03. The van der Waals surface area contributed by atoms with Gasteiger partial charge < -0.3 is 4.42 Å². The molecule has 1 aliphatic rings. The quantitative estimate of drug-likeness (QED) is 0.611. The minimum Gasteiger partial charge on any atom is -0.419 e. The molecular weight excluding hydrogens is 353 g/mol. The molecule has 0 atom stereocenters. The maximum absolute atomic E-state index is 14.1. The summed E-state index contributed by atoms with van der Waals surface area (Å²) in [5.74, 6) is 0.748. The zero-order chi connectivity index (χ0) is 18.1. The summed E-state index contributed by atoms with van der Waals surface area (Å²) in [6, 6.07) is 13.1. The lowest BCUT2D eigenvalue weighted by Gasteiger charge is -2.21. The summed E-state index contributed by atoms with van der Waals surface area (Å²) in [7, 11) is 0. The molecule has 1 saturated carbocycles. The Labute approximate surface area is 156 Å². The lowest BCUT2D eigenvalue weighted by molar-refractivity contribution is 0.218. The molecule has 1 fully saturated rings. The highest BCUT2D eigenvalue weighted by Crippen LogP contribution is 2.32. The van der Waals surface area contributed by atoms with E-state index in [2.05, 4.69) is 15.1 Å². The minimum absolute atomic E-state index is 0.283. The van der Waals surface area contributed by atoms with Crippen molar-refractivity contribution in [3.8, 4) is 11.5 Å². The van der Waals surface area contributed by atoms with Gasteiger partial charge in [-0.25, -0.2) is 4.39 Å². The van der Waals surface area contributed by atoms with E-state index in [1.54, 1.807) is 12.1 Å². The van der Waals surface area contributed by atoms with E-state index >= 15 is 0 Å². The average molecular weight is 372 g/mol. The Morgan fingerprint density at radius 3 is 2.69 bits per heavy atom. The maximum atomic E-state index is 14.1. The van der Waals surface area contributed by atoms with Crippen molar-refractivity contribution < 1.29 is 8.81 Å². The monoisotopic (exact) mass is 371 g/mol. The van der Waals surface area contributed by atoms with E-state index in [0.717, 1.165) is 24.0 Å². The van der Waals surface area contributed by atoms with Gasteiger partial charge in [-0.2, -0.15) is 0 Å². The number of halogens is 2. The molecule has 3 aromatic rings. The molecule has 2 aromatic carbocycles. The first-order valence-corrected chi connectivity index (χ1v) is 9.04. The molecule has 26 heavy (non-hydrogen) atoms. The third kappa shape index (κ3) is 3.79. The fourth-order valence-corrected chi connectivity index (χ4v) is 3.25. The van der Waals surface area contributed by atoms with Crippen LogP contribution in [-0.4, -0.2) is 21.1 Å².